The summed E-state index contributed by atoms with van der Waals surface area (Å²) in [4.78, 5) is 40.8. The number of piperidine rings is 3. The Kier molecular flexibility index (Phi) is 10.0. The summed E-state index contributed by atoms with van der Waals surface area (Å²) in [6, 6.07) is 12.4. The van der Waals surface area contributed by atoms with E-state index in [1.54, 1.807) is 32.5 Å². The molecule has 0 bridgehead atoms. The number of methoxy groups -OCH3 is 1. The van der Waals surface area contributed by atoms with Gasteiger partial charge in [-0.2, -0.15) is 0 Å². The first-order valence-electron chi connectivity index (χ1n) is 17.6. The molecule has 3 aromatic carbocycles. The molecule has 7 rings (SSSR count). The van der Waals surface area contributed by atoms with Crippen LogP contribution in [0.25, 0.3) is 21.9 Å². The van der Waals surface area contributed by atoms with E-state index < -0.39 is 11.9 Å². The van der Waals surface area contributed by atoms with E-state index in [9.17, 15) is 18.8 Å². The van der Waals surface area contributed by atoms with E-state index in [0.29, 0.717) is 63.3 Å². The van der Waals surface area contributed by atoms with Crippen molar-refractivity contribution in [2.24, 2.45) is 18.9 Å². The molecule has 51 heavy (non-hydrogen) atoms. The van der Waals surface area contributed by atoms with E-state index >= 15 is 4.39 Å². The second kappa shape index (κ2) is 14.6. The predicted octanol–water partition coefficient (Wildman–Crippen LogP) is 6.49. The number of nitrogens with zero attached hydrogens (tertiary/aromatic N) is 3. The zero-order chi connectivity index (χ0) is 35.8. The number of hydrogen-bond donors (Lipinski definition) is 2. The third-order valence-electron chi connectivity index (χ3n) is 10.9. The summed E-state index contributed by atoms with van der Waals surface area (Å²) >= 11 is 6.91. The fourth-order valence-electron chi connectivity index (χ4n) is 8.07. The number of imide groups is 1. The zero-order valence-electron chi connectivity index (χ0n) is 28.8. The molecule has 3 fully saturated rings. The van der Waals surface area contributed by atoms with Crippen LogP contribution in [0.3, 0.4) is 0 Å². The first-order chi connectivity index (χ1) is 24.6. The third kappa shape index (κ3) is 7.32. The van der Waals surface area contributed by atoms with Gasteiger partial charge in [0, 0.05) is 66.5 Å². The number of rotatable bonds is 8. The molecule has 3 aliphatic rings. The van der Waals surface area contributed by atoms with E-state index in [0.717, 1.165) is 63.0 Å². The van der Waals surface area contributed by atoms with Gasteiger partial charge in [0.25, 0.3) is 5.56 Å². The van der Waals surface area contributed by atoms with Crippen molar-refractivity contribution in [2.45, 2.75) is 51.1 Å². The molecule has 0 spiro atoms. The smallest absolute Gasteiger partial charge is 0.258 e. The molecule has 1 atom stereocenters. The van der Waals surface area contributed by atoms with Gasteiger partial charge in [-0.05, 0) is 117 Å². The van der Waals surface area contributed by atoms with Gasteiger partial charge in [-0.1, -0.05) is 11.6 Å². The molecule has 3 saturated heterocycles. The number of carbonyl (C=O) groups excluding carboxylic acids is 2. The third-order valence-corrected chi connectivity index (χ3v) is 11.3. The summed E-state index contributed by atoms with van der Waals surface area (Å²) in [6.07, 6.45) is 6.52. The topological polar surface area (TPSA) is 95.9 Å². The van der Waals surface area contributed by atoms with E-state index in [1.165, 1.54) is 28.8 Å². The first-order valence-corrected chi connectivity index (χ1v) is 18.0. The molecule has 268 valence electrons. The first kappa shape index (κ1) is 34.9. The van der Waals surface area contributed by atoms with E-state index in [4.69, 9.17) is 16.3 Å². The number of ether oxygens (including phenoxy) is 1. The minimum atomic E-state index is -0.553. The zero-order valence-corrected chi connectivity index (χ0v) is 29.6. The lowest BCUT2D eigenvalue weighted by molar-refractivity contribution is -0.133. The Morgan fingerprint density at radius 3 is 2.31 bits per heavy atom. The number of anilines is 2. The Bertz CT molecular complexity index is 2040. The highest BCUT2D eigenvalue weighted by molar-refractivity contribution is 6.32. The lowest BCUT2D eigenvalue weighted by atomic mass is 9.78. The van der Waals surface area contributed by atoms with Gasteiger partial charge in [0.2, 0.25) is 11.8 Å². The standard InChI is InChI=1S/C39H42ClF2N5O4/c1-45-21-30(29-19-26(41)3-5-28(29)39(45)50)25-17-32(40)31(36(18-25)51-2)22-46-13-9-23(10-14-46)24-11-15-47(16-12-24)35-7-4-27(20-33(35)42)43-34-6-8-37(48)44-38(34)49/h3-5,7,17-21,23-24,34,43H,6,8-16,22H2,1-2H3,(H,44,48,49). The van der Waals surface area contributed by atoms with Gasteiger partial charge < -0.3 is 19.5 Å². The Balaban J connectivity index is 0.949. The number of likely N-dealkylation sites (tertiary alicyclic amines) is 1. The molecule has 9 nitrogen and oxygen atoms in total. The monoisotopic (exact) mass is 717 g/mol. The van der Waals surface area contributed by atoms with Crippen molar-refractivity contribution < 1.29 is 23.1 Å². The molecule has 4 aromatic rings. The number of benzene rings is 3. The summed E-state index contributed by atoms with van der Waals surface area (Å²) in [6.45, 7) is 4.10. The van der Waals surface area contributed by atoms with Crippen molar-refractivity contribution in [3.63, 3.8) is 0 Å². The van der Waals surface area contributed by atoms with Crippen LogP contribution in [-0.4, -0.2) is 60.6 Å². The van der Waals surface area contributed by atoms with Crippen molar-refractivity contribution in [1.82, 2.24) is 14.8 Å². The SMILES string of the molecule is COc1cc(-c2cn(C)c(=O)c3ccc(F)cc23)cc(Cl)c1CN1CCC(C2CCN(c3ccc(NC4CCC(=O)NC4=O)cc3F)CC2)CC1. The number of hydrogen-bond acceptors (Lipinski definition) is 7. The Hall–Kier alpha value is -4.48. The van der Waals surface area contributed by atoms with Gasteiger partial charge in [-0.15, -0.1) is 0 Å². The van der Waals surface area contributed by atoms with E-state index in [-0.39, 0.29) is 29.6 Å². The maximum atomic E-state index is 15.2. The number of fused-ring (bicyclic) bond motifs is 1. The van der Waals surface area contributed by atoms with Crippen LogP contribution in [-0.2, 0) is 23.2 Å². The average Bonchev–Trinajstić information content (AvgIpc) is 3.12. The molecule has 1 unspecified atom stereocenters. The molecule has 2 N–H and O–H groups in total. The molecule has 4 heterocycles. The molecular formula is C39H42ClF2N5O4. The minimum absolute atomic E-state index is 0.195. The minimum Gasteiger partial charge on any atom is -0.496 e. The van der Waals surface area contributed by atoms with Crippen LogP contribution in [0.5, 0.6) is 5.75 Å². The van der Waals surface area contributed by atoms with Crippen LogP contribution in [0.4, 0.5) is 20.2 Å². The highest BCUT2D eigenvalue weighted by Gasteiger charge is 2.31. The number of nitrogens with one attached hydrogen (secondary N) is 2. The second-order valence-electron chi connectivity index (χ2n) is 14.0. The highest BCUT2D eigenvalue weighted by Crippen LogP contribution is 2.39. The van der Waals surface area contributed by atoms with Gasteiger partial charge in [0.15, 0.2) is 0 Å². The van der Waals surface area contributed by atoms with E-state index in [2.05, 4.69) is 20.4 Å². The summed E-state index contributed by atoms with van der Waals surface area (Å²) < 4.78 is 36.8. The fourth-order valence-corrected chi connectivity index (χ4v) is 8.34. The largest absolute Gasteiger partial charge is 0.496 e. The van der Waals surface area contributed by atoms with Gasteiger partial charge in [0.1, 0.15) is 23.4 Å². The number of aromatic nitrogens is 1. The Morgan fingerprint density at radius 1 is 0.902 bits per heavy atom. The molecular weight excluding hydrogens is 676 g/mol. The van der Waals surface area contributed by atoms with Gasteiger partial charge in [0.05, 0.1) is 12.8 Å². The lowest BCUT2D eigenvalue weighted by Gasteiger charge is -2.41. The Labute approximate surface area is 300 Å². The normalized spacial score (nSPS) is 19.4. The lowest BCUT2D eigenvalue weighted by Crippen LogP contribution is -2.47. The van der Waals surface area contributed by atoms with Gasteiger partial charge >= 0.3 is 0 Å². The molecule has 3 aliphatic heterocycles. The molecule has 1 aromatic heterocycles. The average molecular weight is 718 g/mol. The van der Waals surface area contributed by atoms with Crippen LogP contribution >= 0.6 is 11.6 Å². The maximum Gasteiger partial charge on any atom is 0.258 e. The van der Waals surface area contributed by atoms with Crippen LogP contribution in [0.2, 0.25) is 5.02 Å². The number of amides is 2. The quantitative estimate of drug-likeness (QED) is 0.201. The molecule has 0 radical (unpaired) electrons. The van der Waals surface area contributed by atoms with Crippen molar-refractivity contribution in [3.8, 4) is 16.9 Å². The molecule has 2 amide bonds. The summed E-state index contributed by atoms with van der Waals surface area (Å²) in [7, 11) is 3.30. The summed E-state index contributed by atoms with van der Waals surface area (Å²) in [5, 5.41) is 6.90. The second-order valence-corrected chi connectivity index (χ2v) is 14.4. The van der Waals surface area contributed by atoms with Crippen LogP contribution in [0, 0.1) is 23.5 Å². The predicted molar refractivity (Wildman–Crippen MR) is 195 cm³/mol. The molecule has 12 heteroatoms. The number of pyridine rings is 1. The summed E-state index contributed by atoms with van der Waals surface area (Å²) in [5.74, 6) is 0.438. The Morgan fingerprint density at radius 2 is 1.63 bits per heavy atom. The van der Waals surface area contributed by atoms with E-state index in [1.807, 2.05) is 12.1 Å². The van der Waals surface area contributed by atoms with Crippen LogP contribution in [0.1, 0.15) is 44.1 Å². The van der Waals surface area contributed by atoms with Crippen LogP contribution < -0.4 is 25.8 Å². The maximum absolute atomic E-state index is 15.2. The van der Waals surface area contributed by atoms with Gasteiger partial charge in [-0.3, -0.25) is 24.6 Å². The molecule has 0 aliphatic carbocycles. The van der Waals surface area contributed by atoms with Crippen molar-refractivity contribution in [2.75, 3.05) is 43.5 Å². The fraction of sp³-hybridized carbons (Fsp3) is 0.410. The van der Waals surface area contributed by atoms with Crippen molar-refractivity contribution in [1.29, 1.82) is 0 Å². The van der Waals surface area contributed by atoms with Crippen molar-refractivity contribution >= 4 is 45.6 Å². The van der Waals surface area contributed by atoms with Crippen molar-refractivity contribution in [3.05, 3.63) is 87.3 Å². The van der Waals surface area contributed by atoms with Gasteiger partial charge in [-0.25, -0.2) is 8.78 Å². The highest BCUT2D eigenvalue weighted by atomic mass is 35.5. The number of halogens is 3. The number of carbonyl (C=O) groups is 2. The number of aryl methyl sites for hydroxylation is 1. The molecule has 0 saturated carbocycles. The van der Waals surface area contributed by atoms with Crippen LogP contribution in [0.15, 0.2) is 59.5 Å². The summed E-state index contributed by atoms with van der Waals surface area (Å²) in [5.41, 5.74) is 3.25.